The summed E-state index contributed by atoms with van der Waals surface area (Å²) >= 11 is 0. The van der Waals surface area contributed by atoms with Gasteiger partial charge in [0.1, 0.15) is 5.76 Å². The minimum atomic E-state index is -4.60. The molecule has 2 heterocycles. The van der Waals surface area contributed by atoms with Crippen LogP contribution in [0.15, 0.2) is 22.8 Å². The number of carbonyl (C=O) groups is 1. The molecule has 1 aromatic rings. The molecule has 2 N–H and O–H groups in total. The summed E-state index contributed by atoms with van der Waals surface area (Å²) in [6, 6.07) is 3.07. The van der Waals surface area contributed by atoms with E-state index in [0.717, 1.165) is 0 Å². The maximum absolute atomic E-state index is 12.4. The largest absolute Gasteiger partial charge is 0.467 e. The molecule has 1 atom stereocenters. The van der Waals surface area contributed by atoms with E-state index >= 15 is 0 Å². The Bertz CT molecular complexity index is 454. The molecule has 0 unspecified atom stereocenters. The molecule has 0 spiro atoms. The van der Waals surface area contributed by atoms with Gasteiger partial charge in [0, 0.05) is 13.1 Å². The topological polar surface area (TPSA) is 65.7 Å². The molecule has 1 saturated heterocycles. The highest BCUT2D eigenvalue weighted by molar-refractivity contribution is 5.74. The van der Waals surface area contributed by atoms with Gasteiger partial charge in [-0.2, -0.15) is 13.2 Å². The smallest absolute Gasteiger partial charge is 0.414 e. The van der Waals surface area contributed by atoms with Crippen molar-refractivity contribution < 1.29 is 27.5 Å². The highest BCUT2D eigenvalue weighted by Gasteiger charge is 2.44. The zero-order valence-electron chi connectivity index (χ0n) is 11.3. The van der Waals surface area contributed by atoms with Crippen molar-refractivity contribution in [2.75, 3.05) is 13.1 Å². The number of nitrogens with zero attached hydrogens (tertiary/aromatic N) is 1. The minimum Gasteiger partial charge on any atom is -0.467 e. The fourth-order valence-electron chi connectivity index (χ4n) is 2.37. The van der Waals surface area contributed by atoms with Gasteiger partial charge in [0.25, 0.3) is 0 Å². The number of hydrogen-bond donors (Lipinski definition) is 2. The van der Waals surface area contributed by atoms with E-state index in [-0.39, 0.29) is 38.5 Å². The van der Waals surface area contributed by atoms with E-state index < -0.39 is 18.2 Å². The van der Waals surface area contributed by atoms with Gasteiger partial charge in [0.05, 0.1) is 12.8 Å². The SMILES string of the molecule is O=C(NCc1ccco1)N1CCC([C@@H](O)C(F)(F)F)CC1. The highest BCUT2D eigenvalue weighted by Crippen LogP contribution is 2.31. The van der Waals surface area contributed by atoms with Crippen LogP contribution in [0.4, 0.5) is 18.0 Å². The van der Waals surface area contributed by atoms with E-state index in [9.17, 15) is 23.1 Å². The summed E-state index contributed by atoms with van der Waals surface area (Å²) in [5.74, 6) is -0.246. The molecule has 0 saturated carbocycles. The lowest BCUT2D eigenvalue weighted by molar-refractivity contribution is -0.222. The Morgan fingerprint density at radius 3 is 2.67 bits per heavy atom. The average molecular weight is 306 g/mol. The molecule has 0 radical (unpaired) electrons. The number of aliphatic hydroxyl groups is 1. The molecule has 118 valence electrons. The van der Waals surface area contributed by atoms with Crippen LogP contribution >= 0.6 is 0 Å². The second-order valence-electron chi connectivity index (χ2n) is 5.05. The van der Waals surface area contributed by atoms with Crippen molar-refractivity contribution >= 4 is 6.03 Å². The Hall–Kier alpha value is -1.70. The Labute approximate surface area is 119 Å². The van der Waals surface area contributed by atoms with Gasteiger partial charge in [-0.05, 0) is 30.9 Å². The molecular formula is C13H17F3N2O3. The van der Waals surface area contributed by atoms with E-state index in [1.54, 1.807) is 12.1 Å². The molecule has 1 aliphatic rings. The number of carbonyl (C=O) groups excluding carboxylic acids is 1. The summed E-state index contributed by atoms with van der Waals surface area (Å²) in [6.07, 6.45) is -5.16. The quantitative estimate of drug-likeness (QED) is 0.899. The molecule has 8 heteroatoms. The number of furan rings is 1. The van der Waals surface area contributed by atoms with E-state index in [1.165, 1.54) is 11.2 Å². The summed E-state index contributed by atoms with van der Waals surface area (Å²) in [5, 5.41) is 11.8. The molecular weight excluding hydrogens is 289 g/mol. The predicted octanol–water partition coefficient (Wildman–Crippen LogP) is 2.12. The summed E-state index contributed by atoms with van der Waals surface area (Å²) in [7, 11) is 0. The summed E-state index contributed by atoms with van der Waals surface area (Å²) in [4.78, 5) is 13.3. The summed E-state index contributed by atoms with van der Waals surface area (Å²) in [6.45, 7) is 0.626. The molecule has 2 amide bonds. The van der Waals surface area contributed by atoms with E-state index in [2.05, 4.69) is 5.32 Å². The fourth-order valence-corrected chi connectivity index (χ4v) is 2.37. The standard InChI is InChI=1S/C13H17F3N2O3/c14-13(15,16)11(19)9-3-5-18(6-4-9)12(20)17-8-10-2-1-7-21-10/h1-2,7,9,11,19H,3-6,8H2,(H,17,20)/t11-/m1/s1. The lowest BCUT2D eigenvalue weighted by Crippen LogP contribution is -2.48. The van der Waals surface area contributed by atoms with Gasteiger partial charge in [-0.1, -0.05) is 0 Å². The maximum atomic E-state index is 12.4. The van der Waals surface area contributed by atoms with Gasteiger partial charge in [-0.3, -0.25) is 0 Å². The summed E-state index contributed by atoms with van der Waals surface area (Å²) in [5.41, 5.74) is 0. The minimum absolute atomic E-state index is 0.134. The first-order chi connectivity index (χ1) is 9.88. The highest BCUT2D eigenvalue weighted by atomic mass is 19.4. The monoisotopic (exact) mass is 306 g/mol. The van der Waals surface area contributed by atoms with Crippen LogP contribution < -0.4 is 5.32 Å². The van der Waals surface area contributed by atoms with Gasteiger partial charge in [0.2, 0.25) is 0 Å². The first kappa shape index (κ1) is 15.7. The van der Waals surface area contributed by atoms with Crippen LogP contribution in [0.3, 0.4) is 0 Å². The molecule has 5 nitrogen and oxygen atoms in total. The second-order valence-corrected chi connectivity index (χ2v) is 5.05. The van der Waals surface area contributed by atoms with Crippen molar-refractivity contribution in [1.29, 1.82) is 0 Å². The summed E-state index contributed by atoms with van der Waals surface area (Å²) < 4.78 is 42.3. The first-order valence-corrected chi connectivity index (χ1v) is 6.68. The Balaban J connectivity index is 1.77. The van der Waals surface area contributed by atoms with Crippen LogP contribution in [0.25, 0.3) is 0 Å². The number of aliphatic hydroxyl groups excluding tert-OH is 1. The van der Waals surface area contributed by atoms with Gasteiger partial charge in [0.15, 0.2) is 6.10 Å². The van der Waals surface area contributed by atoms with E-state index in [4.69, 9.17) is 4.42 Å². The Kier molecular flexibility index (Phi) is 4.76. The van der Waals surface area contributed by atoms with Gasteiger partial charge >= 0.3 is 12.2 Å². The predicted molar refractivity (Wildman–Crippen MR) is 67.3 cm³/mol. The number of alkyl halides is 3. The third-order valence-electron chi connectivity index (χ3n) is 3.60. The Morgan fingerprint density at radius 2 is 2.14 bits per heavy atom. The third kappa shape index (κ3) is 4.13. The second kappa shape index (κ2) is 6.38. The molecule has 21 heavy (non-hydrogen) atoms. The number of rotatable bonds is 3. The van der Waals surface area contributed by atoms with Crippen molar-refractivity contribution in [1.82, 2.24) is 10.2 Å². The van der Waals surface area contributed by atoms with Crippen molar-refractivity contribution in [2.45, 2.75) is 31.7 Å². The van der Waals surface area contributed by atoms with Crippen molar-refractivity contribution in [3.05, 3.63) is 24.2 Å². The van der Waals surface area contributed by atoms with Crippen molar-refractivity contribution in [3.63, 3.8) is 0 Å². The Morgan fingerprint density at radius 1 is 1.48 bits per heavy atom. The maximum Gasteiger partial charge on any atom is 0.414 e. The van der Waals surface area contributed by atoms with Gasteiger partial charge < -0.3 is 19.7 Å². The van der Waals surface area contributed by atoms with Crippen molar-refractivity contribution in [3.8, 4) is 0 Å². The molecule has 1 fully saturated rings. The zero-order valence-corrected chi connectivity index (χ0v) is 11.3. The number of halogens is 3. The number of hydrogen-bond acceptors (Lipinski definition) is 3. The van der Waals surface area contributed by atoms with Gasteiger partial charge in [-0.15, -0.1) is 0 Å². The molecule has 0 aliphatic carbocycles. The number of amides is 2. The normalized spacial score (nSPS) is 18.6. The zero-order chi connectivity index (χ0) is 15.5. The lowest BCUT2D eigenvalue weighted by atomic mass is 9.91. The van der Waals surface area contributed by atoms with E-state index in [0.29, 0.717) is 5.76 Å². The van der Waals surface area contributed by atoms with Crippen LogP contribution in [0.2, 0.25) is 0 Å². The lowest BCUT2D eigenvalue weighted by Gasteiger charge is -2.34. The van der Waals surface area contributed by atoms with Crippen LogP contribution in [-0.4, -0.2) is 41.4 Å². The molecule has 1 aromatic heterocycles. The van der Waals surface area contributed by atoms with Crippen molar-refractivity contribution in [2.24, 2.45) is 5.92 Å². The van der Waals surface area contributed by atoms with E-state index in [1.807, 2.05) is 0 Å². The third-order valence-corrected chi connectivity index (χ3v) is 3.60. The molecule has 1 aliphatic heterocycles. The van der Waals surface area contributed by atoms with Crippen LogP contribution in [0, 0.1) is 5.92 Å². The van der Waals surface area contributed by atoms with Crippen LogP contribution in [0.1, 0.15) is 18.6 Å². The molecule has 0 bridgehead atoms. The van der Waals surface area contributed by atoms with Crippen LogP contribution in [-0.2, 0) is 6.54 Å². The average Bonchev–Trinajstić information content (AvgIpc) is 2.96. The van der Waals surface area contributed by atoms with Gasteiger partial charge in [-0.25, -0.2) is 4.79 Å². The first-order valence-electron chi connectivity index (χ1n) is 6.68. The fraction of sp³-hybridized carbons (Fsp3) is 0.615. The number of piperidine rings is 1. The van der Waals surface area contributed by atoms with Crippen LogP contribution in [0.5, 0.6) is 0 Å². The number of likely N-dealkylation sites (tertiary alicyclic amines) is 1. The molecule has 0 aromatic carbocycles. The number of urea groups is 1. The molecule has 2 rings (SSSR count). The number of nitrogens with one attached hydrogen (secondary N) is 1.